The molecule has 0 spiro atoms. The molecule has 1 aliphatic rings. The number of carbonyl (C=O) groups is 2. The van der Waals surface area contributed by atoms with Crippen LogP contribution < -0.4 is 5.32 Å². The summed E-state index contributed by atoms with van der Waals surface area (Å²) in [6.07, 6.45) is 1.40. The molecule has 4 heteroatoms. The van der Waals surface area contributed by atoms with Crippen LogP contribution in [0.3, 0.4) is 0 Å². The second-order valence-electron chi connectivity index (χ2n) is 4.74. The van der Waals surface area contributed by atoms with Crippen molar-refractivity contribution >= 4 is 11.8 Å². The molecule has 0 saturated carbocycles. The number of urea groups is 1. The van der Waals surface area contributed by atoms with E-state index in [9.17, 15) is 9.59 Å². The van der Waals surface area contributed by atoms with E-state index < -0.39 is 0 Å². The molecule has 1 aliphatic heterocycles. The highest BCUT2D eigenvalue weighted by atomic mass is 16.2. The fraction of sp³-hybridized carbons (Fsp3) is 0.800. The summed E-state index contributed by atoms with van der Waals surface area (Å²) >= 11 is 0. The number of nitrogens with zero attached hydrogens (tertiary/aromatic N) is 1. The zero-order valence-corrected chi connectivity index (χ0v) is 9.09. The number of hydrogen-bond donors (Lipinski definition) is 1. The molecular formula is C10H18N2O2. The Balaban J connectivity index is 2.48. The summed E-state index contributed by atoms with van der Waals surface area (Å²) in [5, 5.41) is 2.84. The molecule has 80 valence electrons. The van der Waals surface area contributed by atoms with Crippen LogP contribution in [0.2, 0.25) is 0 Å². The molecule has 4 nitrogen and oxygen atoms in total. The van der Waals surface area contributed by atoms with Gasteiger partial charge in [0.05, 0.1) is 6.54 Å². The number of nitrogens with one attached hydrogen (secondary N) is 1. The van der Waals surface area contributed by atoms with Gasteiger partial charge in [-0.1, -0.05) is 0 Å². The Hall–Kier alpha value is -1.06. The predicted octanol–water partition coefficient (Wildman–Crippen LogP) is 1.16. The van der Waals surface area contributed by atoms with Crippen molar-refractivity contribution in [1.29, 1.82) is 0 Å². The van der Waals surface area contributed by atoms with E-state index in [4.69, 9.17) is 0 Å². The molecule has 1 N–H and O–H groups in total. The van der Waals surface area contributed by atoms with E-state index in [0.29, 0.717) is 13.0 Å². The van der Waals surface area contributed by atoms with E-state index in [2.05, 4.69) is 5.32 Å². The number of carbonyl (C=O) groups excluding carboxylic acids is 2. The van der Waals surface area contributed by atoms with E-state index in [1.165, 1.54) is 0 Å². The van der Waals surface area contributed by atoms with Gasteiger partial charge < -0.3 is 10.2 Å². The number of rotatable bonds is 0. The van der Waals surface area contributed by atoms with Gasteiger partial charge in [0.1, 0.15) is 0 Å². The van der Waals surface area contributed by atoms with Crippen LogP contribution in [0.5, 0.6) is 0 Å². The van der Waals surface area contributed by atoms with Crippen LogP contribution in [-0.4, -0.2) is 35.3 Å². The molecule has 1 fully saturated rings. The van der Waals surface area contributed by atoms with Crippen molar-refractivity contribution in [1.82, 2.24) is 10.2 Å². The van der Waals surface area contributed by atoms with Gasteiger partial charge in [0, 0.05) is 18.5 Å². The van der Waals surface area contributed by atoms with E-state index in [0.717, 1.165) is 6.42 Å². The summed E-state index contributed by atoms with van der Waals surface area (Å²) in [6, 6.07) is -0.134. The molecule has 14 heavy (non-hydrogen) atoms. The number of piperidine rings is 1. The minimum atomic E-state index is -0.239. The van der Waals surface area contributed by atoms with Crippen molar-refractivity contribution in [2.75, 3.05) is 13.1 Å². The first kappa shape index (κ1) is 11.0. The Morgan fingerprint density at radius 1 is 1.43 bits per heavy atom. The zero-order chi connectivity index (χ0) is 10.8. The van der Waals surface area contributed by atoms with Gasteiger partial charge in [0.2, 0.25) is 0 Å². The minimum absolute atomic E-state index is 0.134. The van der Waals surface area contributed by atoms with E-state index in [1.807, 2.05) is 20.8 Å². The average Bonchev–Trinajstić information content (AvgIpc) is 2.01. The van der Waals surface area contributed by atoms with E-state index in [-0.39, 0.29) is 23.9 Å². The van der Waals surface area contributed by atoms with E-state index in [1.54, 1.807) is 4.90 Å². The summed E-state index contributed by atoms with van der Waals surface area (Å²) < 4.78 is 0. The molecular weight excluding hydrogens is 180 g/mol. The van der Waals surface area contributed by atoms with Crippen LogP contribution in [0.1, 0.15) is 33.6 Å². The lowest BCUT2D eigenvalue weighted by molar-refractivity contribution is -0.121. The summed E-state index contributed by atoms with van der Waals surface area (Å²) in [5.41, 5.74) is -0.239. The second kappa shape index (κ2) is 3.98. The van der Waals surface area contributed by atoms with Crippen LogP contribution in [0.4, 0.5) is 4.79 Å². The molecule has 0 unspecified atom stereocenters. The van der Waals surface area contributed by atoms with Gasteiger partial charge in [-0.25, -0.2) is 4.79 Å². The lowest BCUT2D eigenvalue weighted by Crippen LogP contribution is -2.51. The van der Waals surface area contributed by atoms with E-state index >= 15 is 0 Å². The first-order valence-corrected chi connectivity index (χ1v) is 4.97. The van der Waals surface area contributed by atoms with Crippen LogP contribution in [0.25, 0.3) is 0 Å². The molecule has 0 aromatic heterocycles. The minimum Gasteiger partial charge on any atom is -0.333 e. The molecule has 0 aromatic carbocycles. The Labute approximate surface area is 84.7 Å². The second-order valence-corrected chi connectivity index (χ2v) is 4.74. The quantitative estimate of drug-likeness (QED) is 0.635. The summed E-state index contributed by atoms with van der Waals surface area (Å²) in [5.74, 6) is 0.153. The molecule has 0 aliphatic carbocycles. The topological polar surface area (TPSA) is 49.4 Å². The van der Waals surface area contributed by atoms with Crippen LogP contribution >= 0.6 is 0 Å². The van der Waals surface area contributed by atoms with Gasteiger partial charge >= 0.3 is 6.03 Å². The van der Waals surface area contributed by atoms with Gasteiger partial charge in [-0.05, 0) is 27.2 Å². The first-order chi connectivity index (χ1) is 6.38. The standard InChI is InChI=1S/C10H18N2O2/c1-10(2,3)11-9(14)12-6-4-5-8(13)7-12/h4-7H2,1-3H3,(H,11,14). The molecule has 0 radical (unpaired) electrons. The van der Waals surface area contributed by atoms with Crippen molar-refractivity contribution < 1.29 is 9.59 Å². The third-order valence-corrected chi connectivity index (χ3v) is 2.02. The number of ketones is 1. The maximum absolute atomic E-state index is 11.6. The van der Waals surface area contributed by atoms with Gasteiger partial charge in [-0.3, -0.25) is 4.79 Å². The molecule has 1 rings (SSSR count). The molecule has 1 saturated heterocycles. The molecule has 0 aromatic rings. The predicted molar refractivity (Wildman–Crippen MR) is 54.1 cm³/mol. The largest absolute Gasteiger partial charge is 0.333 e. The van der Waals surface area contributed by atoms with Crippen molar-refractivity contribution in [2.45, 2.75) is 39.2 Å². The molecule has 2 amide bonds. The molecule has 0 atom stereocenters. The number of hydrogen-bond acceptors (Lipinski definition) is 2. The van der Waals surface area contributed by atoms with Gasteiger partial charge in [-0.2, -0.15) is 0 Å². The van der Waals surface area contributed by atoms with Gasteiger partial charge in [0.15, 0.2) is 5.78 Å². The average molecular weight is 198 g/mol. The summed E-state index contributed by atoms with van der Waals surface area (Å²) in [6.45, 7) is 6.74. The third-order valence-electron chi connectivity index (χ3n) is 2.02. The Kier molecular flexibility index (Phi) is 3.13. The number of amides is 2. The molecule has 1 heterocycles. The maximum atomic E-state index is 11.6. The van der Waals surface area contributed by atoms with Crippen molar-refractivity contribution in [3.05, 3.63) is 0 Å². The fourth-order valence-electron chi connectivity index (χ4n) is 1.41. The number of likely N-dealkylation sites (tertiary alicyclic amines) is 1. The van der Waals surface area contributed by atoms with Crippen LogP contribution in [0.15, 0.2) is 0 Å². The highest BCUT2D eigenvalue weighted by Crippen LogP contribution is 2.07. The highest BCUT2D eigenvalue weighted by molar-refractivity contribution is 5.86. The summed E-state index contributed by atoms with van der Waals surface area (Å²) in [7, 11) is 0. The number of Topliss-reactive ketones (excluding diaryl/α,β-unsaturated/α-hetero) is 1. The van der Waals surface area contributed by atoms with Crippen molar-refractivity contribution in [3.8, 4) is 0 Å². The smallest absolute Gasteiger partial charge is 0.318 e. The van der Waals surface area contributed by atoms with Crippen molar-refractivity contribution in [2.24, 2.45) is 0 Å². The normalized spacial score (nSPS) is 18.2. The fourth-order valence-corrected chi connectivity index (χ4v) is 1.41. The monoisotopic (exact) mass is 198 g/mol. The third kappa shape index (κ3) is 3.36. The highest BCUT2D eigenvalue weighted by Gasteiger charge is 2.24. The Morgan fingerprint density at radius 3 is 2.57 bits per heavy atom. The van der Waals surface area contributed by atoms with Crippen LogP contribution in [-0.2, 0) is 4.79 Å². The zero-order valence-electron chi connectivity index (χ0n) is 9.09. The SMILES string of the molecule is CC(C)(C)NC(=O)N1CCCC(=O)C1. The molecule has 0 bridgehead atoms. The maximum Gasteiger partial charge on any atom is 0.318 e. The lowest BCUT2D eigenvalue weighted by Gasteiger charge is -2.30. The Morgan fingerprint density at radius 2 is 2.07 bits per heavy atom. The Bertz CT molecular complexity index is 243. The first-order valence-electron chi connectivity index (χ1n) is 4.97. The van der Waals surface area contributed by atoms with Gasteiger partial charge in [0.25, 0.3) is 0 Å². The van der Waals surface area contributed by atoms with Crippen LogP contribution in [0, 0.1) is 0 Å². The van der Waals surface area contributed by atoms with Gasteiger partial charge in [-0.15, -0.1) is 0 Å². The summed E-state index contributed by atoms with van der Waals surface area (Å²) in [4.78, 5) is 24.3. The van der Waals surface area contributed by atoms with Crippen molar-refractivity contribution in [3.63, 3.8) is 0 Å². The lowest BCUT2D eigenvalue weighted by atomic mass is 10.1.